The molecule has 1 unspecified atom stereocenters. The number of thiophene rings is 1. The number of aromatic nitrogens is 2. The largest absolute Gasteiger partial charge is 0.461 e. The molecule has 4 atom stereocenters. The number of anilines is 4. The number of hydrogen-bond donors (Lipinski definition) is 3. The molecule has 0 aliphatic carbocycles. The molecule has 0 bridgehead atoms. The van der Waals surface area contributed by atoms with Crippen molar-refractivity contribution in [3.8, 4) is 12.1 Å². The van der Waals surface area contributed by atoms with Gasteiger partial charge in [0.1, 0.15) is 35.8 Å². The second-order valence-electron chi connectivity index (χ2n) is 12.1. The van der Waals surface area contributed by atoms with E-state index in [0.717, 1.165) is 37.1 Å². The smallest absolute Gasteiger partial charge is 0.320 e. The van der Waals surface area contributed by atoms with Crippen molar-refractivity contribution in [3.05, 3.63) is 16.0 Å². The number of nitrogens with one attached hydrogen (secondary N) is 1. The summed E-state index contributed by atoms with van der Waals surface area (Å²) in [5.74, 6) is 2.21. The van der Waals surface area contributed by atoms with Crippen LogP contribution in [0.5, 0.6) is 6.01 Å². The van der Waals surface area contributed by atoms with E-state index in [0.29, 0.717) is 80.3 Å². The van der Waals surface area contributed by atoms with Crippen molar-refractivity contribution in [1.82, 2.24) is 14.9 Å². The SMILES string of the molecule is N#Cc1c(N)sc2c1C1(CN(c3nc(OC[C@@]45CCCN4C[C@H](F)C5)nc4c3NC(O)[C@@H]3COCCCN43)C1)SC2. The Bertz CT molecular complexity index is 1430. The second-order valence-corrected chi connectivity index (χ2v) is 14.6. The van der Waals surface area contributed by atoms with Crippen molar-refractivity contribution in [2.75, 3.05) is 73.4 Å². The lowest BCUT2D eigenvalue weighted by molar-refractivity contribution is 0.0828. The Morgan fingerprint density at radius 3 is 2.98 bits per heavy atom. The van der Waals surface area contributed by atoms with Crippen LogP contribution in [0.2, 0.25) is 0 Å². The molecule has 4 fully saturated rings. The van der Waals surface area contributed by atoms with E-state index in [2.05, 4.69) is 26.1 Å². The van der Waals surface area contributed by atoms with Crippen LogP contribution >= 0.6 is 23.1 Å². The molecule has 218 valence electrons. The van der Waals surface area contributed by atoms with E-state index in [-0.39, 0.29) is 22.3 Å². The molecule has 14 heteroatoms. The van der Waals surface area contributed by atoms with Crippen molar-refractivity contribution in [3.63, 3.8) is 0 Å². The molecule has 1 spiro atoms. The van der Waals surface area contributed by atoms with Crippen LogP contribution in [0.3, 0.4) is 0 Å². The summed E-state index contributed by atoms with van der Waals surface area (Å²) in [6.07, 6.45) is 1.56. The van der Waals surface area contributed by atoms with E-state index in [1.807, 2.05) is 11.8 Å². The topological polar surface area (TPSA) is 136 Å². The zero-order chi connectivity index (χ0) is 27.9. The van der Waals surface area contributed by atoms with Gasteiger partial charge in [0.05, 0.1) is 28.5 Å². The fourth-order valence-electron chi connectivity index (χ4n) is 7.70. The van der Waals surface area contributed by atoms with E-state index in [4.69, 9.17) is 25.2 Å². The summed E-state index contributed by atoms with van der Waals surface area (Å²) in [4.78, 5) is 17.5. The van der Waals surface area contributed by atoms with Gasteiger partial charge in [-0.15, -0.1) is 23.1 Å². The van der Waals surface area contributed by atoms with Gasteiger partial charge in [-0.25, -0.2) is 4.39 Å². The minimum atomic E-state index is -0.842. The summed E-state index contributed by atoms with van der Waals surface area (Å²) in [6.45, 7) is 4.72. The Morgan fingerprint density at radius 1 is 1.27 bits per heavy atom. The van der Waals surface area contributed by atoms with Crippen LogP contribution in [-0.4, -0.2) is 96.5 Å². The highest BCUT2D eigenvalue weighted by molar-refractivity contribution is 8.00. The number of aliphatic hydroxyl groups is 1. The molecule has 8 rings (SSSR count). The number of hydrogen-bond acceptors (Lipinski definition) is 13. The third-order valence-electron chi connectivity index (χ3n) is 9.63. The summed E-state index contributed by atoms with van der Waals surface area (Å²) >= 11 is 3.37. The van der Waals surface area contributed by atoms with Crippen molar-refractivity contribution in [2.24, 2.45) is 0 Å². The highest BCUT2D eigenvalue weighted by Gasteiger charge is 2.54. The van der Waals surface area contributed by atoms with Crippen LogP contribution in [-0.2, 0) is 15.2 Å². The predicted octanol–water partition coefficient (Wildman–Crippen LogP) is 2.25. The molecule has 8 heterocycles. The first-order valence-corrected chi connectivity index (χ1v) is 16.1. The number of nitrogen functional groups attached to an aromatic ring is 1. The van der Waals surface area contributed by atoms with Crippen LogP contribution in [0.15, 0.2) is 0 Å². The molecule has 0 radical (unpaired) electrons. The van der Waals surface area contributed by atoms with Gasteiger partial charge in [0.25, 0.3) is 0 Å². The molecule has 4 N–H and O–H groups in total. The molecule has 11 nitrogen and oxygen atoms in total. The number of nitrogens with zero attached hydrogens (tertiary/aromatic N) is 6. The van der Waals surface area contributed by atoms with Crippen molar-refractivity contribution < 1.29 is 19.0 Å². The summed E-state index contributed by atoms with van der Waals surface area (Å²) in [6, 6.07) is 2.32. The third kappa shape index (κ3) is 3.92. The van der Waals surface area contributed by atoms with Gasteiger partial charge < -0.3 is 35.4 Å². The zero-order valence-corrected chi connectivity index (χ0v) is 24.3. The first-order valence-electron chi connectivity index (χ1n) is 14.3. The summed E-state index contributed by atoms with van der Waals surface area (Å²) < 4.78 is 26.3. The Hall–Kier alpha value is -2.57. The van der Waals surface area contributed by atoms with Gasteiger partial charge in [-0.1, -0.05) is 0 Å². The lowest BCUT2D eigenvalue weighted by atomic mass is 9.88. The molecular weight excluding hydrogens is 567 g/mol. The Morgan fingerprint density at radius 2 is 2.12 bits per heavy atom. The summed E-state index contributed by atoms with van der Waals surface area (Å²) in [7, 11) is 0. The van der Waals surface area contributed by atoms with Gasteiger partial charge in [0, 0.05) is 55.4 Å². The number of halogens is 1. The lowest BCUT2D eigenvalue weighted by Gasteiger charge is -2.50. The van der Waals surface area contributed by atoms with Gasteiger partial charge in [-0.3, -0.25) is 4.90 Å². The molecular formula is C27H33FN8O3S2. The molecule has 2 aromatic heterocycles. The van der Waals surface area contributed by atoms with E-state index >= 15 is 0 Å². The number of nitrogens with two attached hydrogens (primary N) is 1. The quantitative estimate of drug-likeness (QED) is 0.475. The van der Waals surface area contributed by atoms with Crippen molar-refractivity contribution in [1.29, 1.82) is 5.26 Å². The standard InChI is InChI=1S/C27H33FN8O3S2/c28-15-7-26(3-1-4-35(26)9-15)14-39-25-32-22(20-23(33-25)36-5-2-6-38-10-17(36)24(37)31-20)34-12-27(13-34)19-16(8-29)21(30)41-18(19)11-40-27/h15,17,24,31,37H,1-7,9-14,30H2/t15-,17+,24?,26+/m1/s1. The van der Waals surface area contributed by atoms with E-state index < -0.39 is 12.4 Å². The van der Waals surface area contributed by atoms with Crippen molar-refractivity contribution in [2.45, 2.75) is 60.2 Å². The summed E-state index contributed by atoms with van der Waals surface area (Å²) in [5, 5.41) is 24.8. The van der Waals surface area contributed by atoms with Gasteiger partial charge in [-0.05, 0) is 25.8 Å². The van der Waals surface area contributed by atoms with Gasteiger partial charge in [0.2, 0.25) is 0 Å². The number of alkyl halides is 1. The van der Waals surface area contributed by atoms with Crippen LogP contribution in [0.4, 0.5) is 26.7 Å². The zero-order valence-electron chi connectivity index (χ0n) is 22.6. The van der Waals surface area contributed by atoms with Gasteiger partial charge in [0.15, 0.2) is 11.6 Å². The fraction of sp³-hybridized carbons (Fsp3) is 0.667. The first kappa shape index (κ1) is 26.1. The molecule has 0 amide bonds. The maximum atomic E-state index is 14.4. The van der Waals surface area contributed by atoms with E-state index in [9.17, 15) is 14.8 Å². The molecule has 0 aromatic carbocycles. The number of ether oxygens (including phenoxy) is 2. The number of aliphatic hydroxyl groups excluding tert-OH is 1. The number of thioether (sulfide) groups is 1. The minimum absolute atomic E-state index is 0.219. The predicted molar refractivity (Wildman–Crippen MR) is 155 cm³/mol. The van der Waals surface area contributed by atoms with Crippen LogP contribution in [0, 0.1) is 11.3 Å². The van der Waals surface area contributed by atoms with Crippen LogP contribution < -0.4 is 25.6 Å². The maximum Gasteiger partial charge on any atom is 0.320 e. The number of rotatable bonds is 4. The molecule has 4 saturated heterocycles. The van der Waals surface area contributed by atoms with Gasteiger partial charge >= 0.3 is 6.01 Å². The minimum Gasteiger partial charge on any atom is -0.461 e. The Balaban J connectivity index is 1.14. The average molecular weight is 601 g/mol. The van der Waals surface area contributed by atoms with Crippen LogP contribution in [0.25, 0.3) is 0 Å². The van der Waals surface area contributed by atoms with E-state index in [1.54, 1.807) is 0 Å². The average Bonchev–Trinajstić information content (AvgIpc) is 3.59. The monoisotopic (exact) mass is 600 g/mol. The maximum absolute atomic E-state index is 14.4. The summed E-state index contributed by atoms with van der Waals surface area (Å²) in [5.41, 5.74) is 8.24. The fourth-order valence-corrected chi connectivity index (χ4v) is 10.5. The molecule has 6 aliphatic heterocycles. The van der Waals surface area contributed by atoms with Crippen LogP contribution in [0.1, 0.15) is 41.7 Å². The lowest BCUT2D eigenvalue weighted by Crippen LogP contribution is -2.58. The first-order chi connectivity index (χ1) is 19.9. The second kappa shape index (κ2) is 9.47. The normalized spacial score (nSPS) is 31.5. The number of nitriles is 1. The molecule has 41 heavy (non-hydrogen) atoms. The molecule has 6 aliphatic rings. The third-order valence-corrected chi connectivity index (χ3v) is 12.3. The highest BCUT2D eigenvalue weighted by Crippen LogP contribution is 2.59. The Labute approximate surface area is 245 Å². The molecule has 2 aromatic rings. The molecule has 0 saturated carbocycles. The van der Waals surface area contributed by atoms with E-state index in [1.165, 1.54) is 16.2 Å². The van der Waals surface area contributed by atoms with Gasteiger partial charge in [-0.2, -0.15) is 15.2 Å². The number of fused-ring (bicyclic) bond motifs is 6. The highest BCUT2D eigenvalue weighted by atomic mass is 32.2. The Kier molecular flexibility index (Phi) is 6.02. The van der Waals surface area contributed by atoms with Crippen molar-refractivity contribution >= 4 is 45.4 Å².